The first kappa shape index (κ1) is 18.2. The maximum Gasteiger partial charge on any atom is 0.315 e. The predicted octanol–water partition coefficient (Wildman–Crippen LogP) is 3.65. The molecular weight excluding hydrogens is 326 g/mol. The molecule has 0 spiro atoms. The van der Waals surface area contributed by atoms with Crippen molar-refractivity contribution in [3.8, 4) is 0 Å². The Labute approximate surface area is 154 Å². The quantitative estimate of drug-likeness (QED) is 0.742. The zero-order chi connectivity index (χ0) is 18.4. The number of benzene rings is 2. The van der Waals surface area contributed by atoms with Gasteiger partial charge in [-0.2, -0.15) is 0 Å². The van der Waals surface area contributed by atoms with E-state index in [0.717, 1.165) is 29.2 Å². The van der Waals surface area contributed by atoms with Crippen LogP contribution in [0.15, 0.2) is 42.5 Å². The van der Waals surface area contributed by atoms with Crippen LogP contribution in [0, 0.1) is 0 Å². The molecule has 3 rings (SSSR count). The maximum atomic E-state index is 12.1. The average molecular weight is 353 g/mol. The predicted molar refractivity (Wildman–Crippen MR) is 104 cm³/mol. The lowest BCUT2D eigenvalue weighted by molar-refractivity contribution is -0.121. The highest BCUT2D eigenvalue weighted by molar-refractivity contribution is 5.86. The van der Waals surface area contributed by atoms with E-state index in [0.29, 0.717) is 19.0 Å². The van der Waals surface area contributed by atoms with Crippen LogP contribution in [0.3, 0.4) is 0 Å². The first-order chi connectivity index (χ1) is 12.6. The Morgan fingerprint density at radius 2 is 1.81 bits per heavy atom. The van der Waals surface area contributed by atoms with Crippen molar-refractivity contribution < 1.29 is 9.59 Å². The molecule has 1 aliphatic carbocycles. The fraction of sp³-hybridized carbons (Fsp3) is 0.429. The molecule has 0 aromatic heterocycles. The van der Waals surface area contributed by atoms with E-state index in [1.165, 1.54) is 12.8 Å². The van der Waals surface area contributed by atoms with E-state index >= 15 is 0 Å². The van der Waals surface area contributed by atoms with Crippen LogP contribution >= 0.6 is 0 Å². The zero-order valence-electron chi connectivity index (χ0n) is 15.3. The van der Waals surface area contributed by atoms with Gasteiger partial charge >= 0.3 is 6.03 Å². The number of nitrogens with one attached hydrogen (secondary N) is 3. The van der Waals surface area contributed by atoms with Crippen LogP contribution in [0.4, 0.5) is 4.79 Å². The lowest BCUT2D eigenvalue weighted by Crippen LogP contribution is -2.40. The largest absolute Gasteiger partial charge is 0.353 e. The van der Waals surface area contributed by atoms with Crippen LogP contribution in [0.1, 0.15) is 50.6 Å². The minimum Gasteiger partial charge on any atom is -0.353 e. The molecule has 2 aromatic rings. The topological polar surface area (TPSA) is 70.2 Å². The van der Waals surface area contributed by atoms with Crippen molar-refractivity contribution in [1.82, 2.24) is 16.0 Å². The Balaban J connectivity index is 1.46. The van der Waals surface area contributed by atoms with Crippen LogP contribution in [-0.2, 0) is 4.79 Å². The summed E-state index contributed by atoms with van der Waals surface area (Å²) in [5.41, 5.74) is 1.08. The number of rotatable bonds is 6. The second kappa shape index (κ2) is 8.70. The summed E-state index contributed by atoms with van der Waals surface area (Å²) in [4.78, 5) is 24.0. The normalized spacial score (nSPS) is 15.6. The molecular formula is C21H27N3O2. The molecule has 1 aliphatic rings. The Kier molecular flexibility index (Phi) is 6.10. The van der Waals surface area contributed by atoms with Gasteiger partial charge in [-0.3, -0.25) is 4.79 Å². The number of hydrogen-bond acceptors (Lipinski definition) is 2. The highest BCUT2D eigenvalue weighted by Gasteiger charge is 2.17. The number of hydrogen-bond donors (Lipinski definition) is 3. The second-order valence-electron chi connectivity index (χ2n) is 6.99. The van der Waals surface area contributed by atoms with Crippen LogP contribution in [0.2, 0.25) is 0 Å². The van der Waals surface area contributed by atoms with Crippen molar-refractivity contribution in [3.63, 3.8) is 0 Å². The molecule has 0 heterocycles. The summed E-state index contributed by atoms with van der Waals surface area (Å²) in [5.74, 6) is 0.0132. The number of amides is 3. The minimum atomic E-state index is -0.251. The van der Waals surface area contributed by atoms with E-state index in [4.69, 9.17) is 0 Å². The molecule has 5 nitrogen and oxygen atoms in total. The van der Waals surface area contributed by atoms with Gasteiger partial charge in [0.2, 0.25) is 5.91 Å². The van der Waals surface area contributed by atoms with Crippen LogP contribution in [-0.4, -0.2) is 24.5 Å². The molecule has 1 saturated carbocycles. The molecule has 1 atom stereocenters. The van der Waals surface area contributed by atoms with Crippen molar-refractivity contribution in [1.29, 1.82) is 0 Å². The van der Waals surface area contributed by atoms with Gasteiger partial charge in [-0.1, -0.05) is 55.3 Å². The lowest BCUT2D eigenvalue weighted by Gasteiger charge is -2.17. The minimum absolute atomic E-state index is 0.0132. The molecule has 1 fully saturated rings. The molecule has 26 heavy (non-hydrogen) atoms. The summed E-state index contributed by atoms with van der Waals surface area (Å²) in [6.45, 7) is 2.31. The van der Waals surface area contributed by atoms with Crippen LogP contribution in [0.5, 0.6) is 0 Å². The third-order valence-electron chi connectivity index (χ3n) is 5.00. The smallest absolute Gasteiger partial charge is 0.315 e. The molecule has 2 aromatic carbocycles. The van der Waals surface area contributed by atoms with Crippen molar-refractivity contribution in [2.75, 3.05) is 6.54 Å². The van der Waals surface area contributed by atoms with Gasteiger partial charge in [0.15, 0.2) is 0 Å². The van der Waals surface area contributed by atoms with Gasteiger partial charge in [0.05, 0.1) is 6.04 Å². The number of carbonyl (C=O) groups excluding carboxylic acids is 2. The van der Waals surface area contributed by atoms with Crippen molar-refractivity contribution in [2.45, 2.75) is 51.1 Å². The Bertz CT molecular complexity index is 763. The van der Waals surface area contributed by atoms with Crippen LogP contribution < -0.4 is 16.0 Å². The van der Waals surface area contributed by atoms with Gasteiger partial charge in [0, 0.05) is 19.0 Å². The number of carbonyl (C=O) groups is 2. The summed E-state index contributed by atoms with van der Waals surface area (Å²) in [5, 5.41) is 11.1. The first-order valence-corrected chi connectivity index (χ1v) is 9.45. The fourth-order valence-corrected chi connectivity index (χ4v) is 3.61. The van der Waals surface area contributed by atoms with Gasteiger partial charge in [-0.25, -0.2) is 4.79 Å². The molecule has 0 aliphatic heterocycles. The van der Waals surface area contributed by atoms with Crippen LogP contribution in [0.25, 0.3) is 10.8 Å². The Morgan fingerprint density at radius 1 is 1.08 bits per heavy atom. The SMILES string of the molecule is CC(NC(=O)NCCC(=O)NC1CCCC1)c1cccc2ccccc12. The molecule has 3 amide bonds. The molecule has 0 bridgehead atoms. The third kappa shape index (κ3) is 4.75. The van der Waals surface area contributed by atoms with Crippen molar-refractivity contribution in [3.05, 3.63) is 48.0 Å². The fourth-order valence-electron chi connectivity index (χ4n) is 3.61. The monoisotopic (exact) mass is 353 g/mol. The molecule has 1 unspecified atom stereocenters. The summed E-state index contributed by atoms with van der Waals surface area (Å²) in [6, 6.07) is 14.2. The Morgan fingerprint density at radius 3 is 2.62 bits per heavy atom. The lowest BCUT2D eigenvalue weighted by atomic mass is 10.00. The molecule has 5 heteroatoms. The molecule has 0 radical (unpaired) electrons. The zero-order valence-corrected chi connectivity index (χ0v) is 15.3. The van der Waals surface area contributed by atoms with Gasteiger partial charge in [0.1, 0.15) is 0 Å². The van der Waals surface area contributed by atoms with Gasteiger partial charge in [-0.05, 0) is 36.1 Å². The van der Waals surface area contributed by atoms with Crippen molar-refractivity contribution >= 4 is 22.7 Å². The third-order valence-corrected chi connectivity index (χ3v) is 5.00. The first-order valence-electron chi connectivity index (χ1n) is 9.45. The van der Waals surface area contributed by atoms with E-state index in [9.17, 15) is 9.59 Å². The molecule has 0 saturated heterocycles. The van der Waals surface area contributed by atoms with Gasteiger partial charge < -0.3 is 16.0 Å². The summed E-state index contributed by atoms with van der Waals surface area (Å²) >= 11 is 0. The van der Waals surface area contributed by atoms with E-state index in [1.807, 2.05) is 31.2 Å². The summed E-state index contributed by atoms with van der Waals surface area (Å²) < 4.78 is 0. The molecule has 138 valence electrons. The maximum absolute atomic E-state index is 12.1. The van der Waals surface area contributed by atoms with E-state index in [2.05, 4.69) is 34.1 Å². The highest BCUT2D eigenvalue weighted by atomic mass is 16.2. The van der Waals surface area contributed by atoms with E-state index in [1.54, 1.807) is 0 Å². The molecule has 3 N–H and O–H groups in total. The van der Waals surface area contributed by atoms with E-state index < -0.39 is 0 Å². The summed E-state index contributed by atoms with van der Waals surface area (Å²) in [7, 11) is 0. The number of fused-ring (bicyclic) bond motifs is 1. The van der Waals surface area contributed by atoms with Gasteiger partial charge in [-0.15, -0.1) is 0 Å². The van der Waals surface area contributed by atoms with E-state index in [-0.39, 0.29) is 18.0 Å². The standard InChI is InChI=1S/C21H27N3O2/c1-15(18-12-6-8-16-7-2-5-11-19(16)18)23-21(26)22-14-13-20(25)24-17-9-3-4-10-17/h2,5-8,11-12,15,17H,3-4,9-10,13-14H2,1H3,(H,24,25)(H2,22,23,26). The second-order valence-corrected chi connectivity index (χ2v) is 6.99. The Hall–Kier alpha value is -2.56. The average Bonchev–Trinajstić information content (AvgIpc) is 3.14. The summed E-state index contributed by atoms with van der Waals surface area (Å²) in [6.07, 6.45) is 4.84. The van der Waals surface area contributed by atoms with Gasteiger partial charge in [0.25, 0.3) is 0 Å². The van der Waals surface area contributed by atoms with Crippen molar-refractivity contribution in [2.24, 2.45) is 0 Å². The highest BCUT2D eigenvalue weighted by Crippen LogP contribution is 2.23. The number of urea groups is 1.